The van der Waals surface area contributed by atoms with Crippen molar-refractivity contribution in [1.82, 2.24) is 0 Å². The first-order valence-corrected chi connectivity index (χ1v) is 6.33. The molecule has 0 N–H and O–H groups in total. The summed E-state index contributed by atoms with van der Waals surface area (Å²) in [5, 5.41) is 0. The van der Waals surface area contributed by atoms with Crippen molar-refractivity contribution in [1.29, 1.82) is 0 Å². The van der Waals surface area contributed by atoms with Crippen LogP contribution in [-0.4, -0.2) is 18.9 Å². The maximum Gasteiger partial charge on any atom is 0.309 e. The number of ketones is 1. The second-order valence-corrected chi connectivity index (χ2v) is 5.42. The first-order chi connectivity index (χ1) is 8.04. The van der Waals surface area contributed by atoms with Gasteiger partial charge in [0, 0.05) is 12.3 Å². The fourth-order valence-corrected chi connectivity index (χ4v) is 3.22. The molecule has 94 valence electrons. The van der Waals surface area contributed by atoms with Gasteiger partial charge in [0.25, 0.3) is 0 Å². The van der Waals surface area contributed by atoms with Gasteiger partial charge in [-0.15, -0.1) is 0 Å². The number of carbonyl (C=O) groups is 2. The van der Waals surface area contributed by atoms with Gasteiger partial charge in [0.1, 0.15) is 5.78 Å². The van der Waals surface area contributed by atoms with E-state index in [4.69, 9.17) is 4.74 Å². The Morgan fingerprint density at radius 2 is 2.06 bits per heavy atom. The van der Waals surface area contributed by atoms with Crippen LogP contribution in [0.15, 0.2) is 12.2 Å². The zero-order valence-corrected chi connectivity index (χ0v) is 10.7. The van der Waals surface area contributed by atoms with Crippen molar-refractivity contribution in [2.45, 2.75) is 26.7 Å². The Bertz CT molecular complexity index is 358. The Hall–Kier alpha value is -1.12. The third kappa shape index (κ3) is 2.15. The summed E-state index contributed by atoms with van der Waals surface area (Å²) in [5.74, 6) is 0.935. The van der Waals surface area contributed by atoms with E-state index in [1.165, 1.54) is 7.11 Å². The summed E-state index contributed by atoms with van der Waals surface area (Å²) in [4.78, 5) is 23.7. The van der Waals surface area contributed by atoms with E-state index >= 15 is 0 Å². The molecule has 0 bridgehead atoms. The molecule has 5 atom stereocenters. The number of hydrogen-bond acceptors (Lipinski definition) is 3. The van der Waals surface area contributed by atoms with E-state index in [0.29, 0.717) is 18.3 Å². The Balaban J connectivity index is 2.18. The van der Waals surface area contributed by atoms with Crippen LogP contribution >= 0.6 is 0 Å². The van der Waals surface area contributed by atoms with Gasteiger partial charge in [-0.05, 0) is 24.2 Å². The molecule has 0 heterocycles. The van der Waals surface area contributed by atoms with Crippen molar-refractivity contribution in [3.8, 4) is 0 Å². The van der Waals surface area contributed by atoms with Crippen molar-refractivity contribution in [3.05, 3.63) is 12.2 Å². The highest BCUT2D eigenvalue weighted by atomic mass is 16.5. The fraction of sp³-hybridized carbons (Fsp3) is 0.714. The van der Waals surface area contributed by atoms with Crippen LogP contribution in [-0.2, 0) is 14.3 Å². The Kier molecular flexibility index (Phi) is 3.36. The minimum absolute atomic E-state index is 0.107. The van der Waals surface area contributed by atoms with E-state index in [2.05, 4.69) is 26.0 Å². The van der Waals surface area contributed by atoms with Crippen LogP contribution in [0.1, 0.15) is 26.7 Å². The molecule has 2 aliphatic rings. The molecule has 0 spiro atoms. The second kappa shape index (κ2) is 4.63. The van der Waals surface area contributed by atoms with Crippen LogP contribution < -0.4 is 0 Å². The number of rotatable bonds is 1. The van der Waals surface area contributed by atoms with Gasteiger partial charge in [-0.2, -0.15) is 0 Å². The Morgan fingerprint density at radius 3 is 2.71 bits per heavy atom. The van der Waals surface area contributed by atoms with Crippen LogP contribution in [0.4, 0.5) is 0 Å². The van der Waals surface area contributed by atoms with Crippen molar-refractivity contribution in [2.75, 3.05) is 7.11 Å². The quantitative estimate of drug-likeness (QED) is 0.518. The second-order valence-electron chi connectivity index (χ2n) is 5.42. The first-order valence-electron chi connectivity index (χ1n) is 6.33. The molecule has 2 rings (SSSR count). The van der Waals surface area contributed by atoms with Crippen LogP contribution in [0.3, 0.4) is 0 Å². The molecule has 0 unspecified atom stereocenters. The predicted molar refractivity (Wildman–Crippen MR) is 64.2 cm³/mol. The zero-order chi connectivity index (χ0) is 12.6. The number of fused-ring (bicyclic) bond motifs is 1. The highest BCUT2D eigenvalue weighted by Crippen LogP contribution is 2.42. The molecule has 0 aromatic heterocycles. The summed E-state index contributed by atoms with van der Waals surface area (Å²) in [6.07, 6.45) is 5.43. The minimum Gasteiger partial charge on any atom is -0.469 e. The van der Waals surface area contributed by atoms with E-state index in [1.54, 1.807) is 0 Å². The summed E-state index contributed by atoms with van der Waals surface area (Å²) in [6, 6.07) is 0. The van der Waals surface area contributed by atoms with E-state index < -0.39 is 0 Å². The van der Waals surface area contributed by atoms with Crippen LogP contribution in [0.25, 0.3) is 0 Å². The highest BCUT2D eigenvalue weighted by molar-refractivity contribution is 5.88. The summed E-state index contributed by atoms with van der Waals surface area (Å²) in [7, 11) is 1.39. The van der Waals surface area contributed by atoms with Gasteiger partial charge in [0.2, 0.25) is 0 Å². The van der Waals surface area contributed by atoms with Crippen molar-refractivity contribution in [2.24, 2.45) is 29.6 Å². The molecule has 3 nitrogen and oxygen atoms in total. The number of allylic oxidation sites excluding steroid dienone is 2. The molecular weight excluding hydrogens is 216 g/mol. The number of esters is 1. The Labute approximate surface area is 102 Å². The third-order valence-electron chi connectivity index (χ3n) is 4.43. The molecule has 17 heavy (non-hydrogen) atoms. The first kappa shape index (κ1) is 12.3. The maximum atomic E-state index is 12.2. The standard InChI is InChI=1S/C14H20O3/c1-8-4-5-10-6-11(14(16)17-3)7-12(15)13(10)9(8)2/h4-5,8-11,13H,6-7H2,1-3H3/t8-,9+,10-,11+,13-/m1/s1. The number of ether oxygens (including phenoxy) is 1. The van der Waals surface area contributed by atoms with Gasteiger partial charge in [-0.3, -0.25) is 9.59 Å². The van der Waals surface area contributed by atoms with Crippen LogP contribution in [0.2, 0.25) is 0 Å². The van der Waals surface area contributed by atoms with Crippen molar-refractivity contribution in [3.63, 3.8) is 0 Å². The molecule has 0 aliphatic heterocycles. The van der Waals surface area contributed by atoms with Crippen molar-refractivity contribution >= 4 is 11.8 Å². The lowest BCUT2D eigenvalue weighted by atomic mass is 9.63. The van der Waals surface area contributed by atoms with E-state index in [9.17, 15) is 9.59 Å². The fourth-order valence-electron chi connectivity index (χ4n) is 3.22. The van der Waals surface area contributed by atoms with E-state index in [1.807, 2.05) is 0 Å². The molecule has 0 saturated heterocycles. The normalized spacial score (nSPS) is 40.9. The van der Waals surface area contributed by atoms with E-state index in [0.717, 1.165) is 6.42 Å². The lowest BCUT2D eigenvalue weighted by Crippen LogP contribution is -2.42. The van der Waals surface area contributed by atoms with Gasteiger partial charge in [0.15, 0.2) is 0 Å². The summed E-state index contributed by atoms with van der Waals surface area (Å²) < 4.78 is 4.75. The van der Waals surface area contributed by atoms with Gasteiger partial charge in [0.05, 0.1) is 13.0 Å². The number of Topliss-reactive ketones (excluding diaryl/α,β-unsaturated/α-hetero) is 1. The lowest BCUT2D eigenvalue weighted by Gasteiger charge is -2.40. The lowest BCUT2D eigenvalue weighted by molar-refractivity contribution is -0.151. The number of carbonyl (C=O) groups excluding carboxylic acids is 2. The highest BCUT2D eigenvalue weighted by Gasteiger charge is 2.43. The molecule has 0 radical (unpaired) electrons. The third-order valence-corrected chi connectivity index (χ3v) is 4.43. The van der Waals surface area contributed by atoms with Gasteiger partial charge >= 0.3 is 5.97 Å². The molecule has 0 aromatic rings. The molecule has 3 heteroatoms. The zero-order valence-electron chi connectivity index (χ0n) is 10.7. The molecule has 2 aliphatic carbocycles. The predicted octanol–water partition coefficient (Wildman–Crippen LogP) is 2.21. The largest absolute Gasteiger partial charge is 0.469 e. The van der Waals surface area contributed by atoms with Gasteiger partial charge < -0.3 is 4.74 Å². The Morgan fingerprint density at radius 1 is 1.35 bits per heavy atom. The number of methoxy groups -OCH3 is 1. The molecular formula is C14H20O3. The molecule has 1 fully saturated rings. The molecule has 0 amide bonds. The van der Waals surface area contributed by atoms with Crippen molar-refractivity contribution < 1.29 is 14.3 Å². The SMILES string of the molecule is COC(=O)[C@@H]1CC(=O)[C@@H]2[C@@H](C)[C@H](C)C=C[C@@H]2C1. The topological polar surface area (TPSA) is 43.4 Å². The molecule has 0 aromatic carbocycles. The number of hydrogen-bond donors (Lipinski definition) is 0. The monoisotopic (exact) mass is 236 g/mol. The van der Waals surface area contributed by atoms with Gasteiger partial charge in [-0.25, -0.2) is 0 Å². The molecule has 1 saturated carbocycles. The smallest absolute Gasteiger partial charge is 0.309 e. The van der Waals surface area contributed by atoms with Gasteiger partial charge in [-0.1, -0.05) is 26.0 Å². The average molecular weight is 236 g/mol. The maximum absolute atomic E-state index is 12.2. The summed E-state index contributed by atoms with van der Waals surface area (Å²) >= 11 is 0. The summed E-state index contributed by atoms with van der Waals surface area (Å²) in [6.45, 7) is 4.29. The average Bonchev–Trinajstić information content (AvgIpc) is 2.32. The van der Waals surface area contributed by atoms with Crippen LogP contribution in [0, 0.1) is 29.6 Å². The summed E-state index contributed by atoms with van der Waals surface area (Å²) in [5.41, 5.74) is 0. The minimum atomic E-state index is -0.239. The van der Waals surface area contributed by atoms with E-state index in [-0.39, 0.29) is 29.5 Å². The van der Waals surface area contributed by atoms with Crippen LogP contribution in [0.5, 0.6) is 0 Å².